The number of rotatable bonds is 1. The first-order valence-electron chi connectivity index (χ1n) is 4.11. The lowest BCUT2D eigenvalue weighted by molar-refractivity contribution is 0.428. The highest BCUT2D eigenvalue weighted by atomic mass is 16.5. The van der Waals surface area contributed by atoms with Gasteiger partial charge in [-0.15, -0.1) is 0 Å². The summed E-state index contributed by atoms with van der Waals surface area (Å²) in [5.74, 6) is 0. The molecule has 76 valence electrons. The van der Waals surface area contributed by atoms with Gasteiger partial charge in [0.05, 0.1) is 11.8 Å². The van der Waals surface area contributed by atoms with Crippen LogP contribution in [0, 0.1) is 18.3 Å². The van der Waals surface area contributed by atoms with Gasteiger partial charge in [-0.05, 0) is 6.92 Å². The van der Waals surface area contributed by atoms with Gasteiger partial charge in [0.15, 0.2) is 0 Å². The maximum Gasteiger partial charge on any atom is 0.332 e. The highest BCUT2D eigenvalue weighted by Crippen LogP contribution is 2.10. The molecule has 0 bridgehead atoms. The third-order valence-electron chi connectivity index (χ3n) is 2.01. The van der Waals surface area contributed by atoms with Gasteiger partial charge in [-0.3, -0.25) is 9.78 Å². The topological polar surface area (TPSA) is 105 Å². The molecule has 0 fully saturated rings. The zero-order valence-electron chi connectivity index (χ0n) is 7.77. The normalized spacial score (nSPS) is 10.4. The molecule has 2 heterocycles. The molecule has 0 unspecified atom stereocenters. The largest absolute Gasteiger partial charge is 0.337 e. The van der Waals surface area contributed by atoms with Gasteiger partial charge in [-0.2, -0.15) is 5.26 Å². The number of H-pyrrole nitrogens is 1. The molecule has 2 rings (SSSR count). The SMILES string of the molecule is Cc1noc2c1c(=O)[nH]c(=O)n2CC#N. The number of nitrogens with zero attached hydrogens (tertiary/aromatic N) is 3. The summed E-state index contributed by atoms with van der Waals surface area (Å²) in [6.07, 6.45) is 0. The minimum atomic E-state index is -0.676. The molecule has 0 atom stereocenters. The summed E-state index contributed by atoms with van der Waals surface area (Å²) < 4.78 is 5.86. The zero-order valence-corrected chi connectivity index (χ0v) is 7.77. The first-order valence-corrected chi connectivity index (χ1v) is 4.11. The highest BCUT2D eigenvalue weighted by molar-refractivity contribution is 5.74. The Kier molecular flexibility index (Phi) is 1.90. The predicted molar refractivity (Wildman–Crippen MR) is 49.2 cm³/mol. The smallest absolute Gasteiger partial charge is 0.332 e. The second kappa shape index (κ2) is 3.09. The zero-order chi connectivity index (χ0) is 11.0. The summed E-state index contributed by atoms with van der Waals surface area (Å²) in [5, 5.41) is 12.3. The van der Waals surface area contributed by atoms with Gasteiger partial charge in [0.1, 0.15) is 11.9 Å². The van der Waals surface area contributed by atoms with E-state index in [1.165, 1.54) is 0 Å². The van der Waals surface area contributed by atoms with Gasteiger partial charge in [0, 0.05) is 0 Å². The van der Waals surface area contributed by atoms with Gasteiger partial charge in [-0.1, -0.05) is 5.16 Å². The molecule has 0 saturated carbocycles. The van der Waals surface area contributed by atoms with Crippen molar-refractivity contribution in [1.82, 2.24) is 14.7 Å². The van der Waals surface area contributed by atoms with Crippen molar-refractivity contribution in [3.63, 3.8) is 0 Å². The summed E-state index contributed by atoms with van der Waals surface area (Å²) in [7, 11) is 0. The number of aromatic amines is 1. The van der Waals surface area contributed by atoms with E-state index >= 15 is 0 Å². The second-order valence-corrected chi connectivity index (χ2v) is 2.95. The minimum absolute atomic E-state index is 0.0304. The Balaban J connectivity index is 2.99. The molecule has 0 amide bonds. The Morgan fingerprint density at radius 2 is 2.33 bits per heavy atom. The van der Waals surface area contributed by atoms with E-state index in [0.29, 0.717) is 5.69 Å². The molecule has 1 N–H and O–H groups in total. The van der Waals surface area contributed by atoms with E-state index in [0.717, 1.165) is 4.57 Å². The van der Waals surface area contributed by atoms with Crippen LogP contribution in [0.3, 0.4) is 0 Å². The van der Waals surface area contributed by atoms with Crippen molar-refractivity contribution in [3.05, 3.63) is 26.5 Å². The van der Waals surface area contributed by atoms with Crippen molar-refractivity contribution < 1.29 is 4.52 Å². The summed E-state index contributed by atoms with van der Waals surface area (Å²) in [5.41, 5.74) is -0.811. The Morgan fingerprint density at radius 3 is 3.00 bits per heavy atom. The Bertz CT molecular complexity index is 670. The average Bonchev–Trinajstić information content (AvgIpc) is 2.55. The van der Waals surface area contributed by atoms with Gasteiger partial charge in [0.2, 0.25) is 5.71 Å². The number of nitriles is 1. The van der Waals surface area contributed by atoms with E-state index < -0.39 is 11.2 Å². The van der Waals surface area contributed by atoms with Crippen LogP contribution < -0.4 is 11.2 Å². The van der Waals surface area contributed by atoms with Crippen molar-refractivity contribution in [3.8, 4) is 6.07 Å². The third-order valence-corrected chi connectivity index (χ3v) is 2.01. The molecule has 7 nitrogen and oxygen atoms in total. The molecule has 0 aromatic carbocycles. The lowest BCUT2D eigenvalue weighted by Crippen LogP contribution is -2.29. The molecule has 0 saturated heterocycles. The van der Waals surface area contributed by atoms with Crippen LogP contribution in [-0.2, 0) is 6.54 Å². The lowest BCUT2D eigenvalue weighted by Gasteiger charge is -1.97. The van der Waals surface area contributed by atoms with Gasteiger partial charge < -0.3 is 4.52 Å². The van der Waals surface area contributed by atoms with E-state index in [1.54, 1.807) is 13.0 Å². The standard InChI is InChI=1S/C8H6N4O3/c1-4-5-6(13)10-8(14)12(3-2-9)7(5)15-11-4/h3H2,1H3,(H,10,13,14). The number of fused-ring (bicyclic) bond motifs is 1. The minimum Gasteiger partial charge on any atom is -0.337 e. The molecular formula is C8H6N4O3. The summed E-state index contributed by atoms with van der Waals surface area (Å²) in [6.45, 7) is 1.39. The molecule has 0 spiro atoms. The molecule has 2 aromatic rings. The lowest BCUT2D eigenvalue weighted by atomic mass is 10.3. The first kappa shape index (κ1) is 9.21. The van der Waals surface area contributed by atoms with Crippen LogP contribution in [0.25, 0.3) is 11.1 Å². The van der Waals surface area contributed by atoms with Crippen LogP contribution in [0.2, 0.25) is 0 Å². The van der Waals surface area contributed by atoms with Crippen LogP contribution in [0.5, 0.6) is 0 Å². The summed E-state index contributed by atoms with van der Waals surface area (Å²) in [6, 6.07) is 1.80. The van der Waals surface area contributed by atoms with Crippen molar-refractivity contribution in [1.29, 1.82) is 5.26 Å². The predicted octanol–water partition coefficient (Wildman–Crippen LogP) is -0.490. The first-order chi connectivity index (χ1) is 7.15. The summed E-state index contributed by atoms with van der Waals surface area (Å²) in [4.78, 5) is 24.8. The van der Waals surface area contributed by atoms with Crippen molar-refractivity contribution >= 4 is 11.1 Å². The maximum atomic E-state index is 11.4. The van der Waals surface area contributed by atoms with Crippen LogP contribution in [0.15, 0.2) is 14.1 Å². The van der Waals surface area contributed by atoms with Crippen molar-refractivity contribution in [2.75, 3.05) is 0 Å². The van der Waals surface area contributed by atoms with Crippen LogP contribution in [0.4, 0.5) is 0 Å². The highest BCUT2D eigenvalue weighted by Gasteiger charge is 2.14. The molecule has 0 aliphatic carbocycles. The van der Waals surface area contributed by atoms with Crippen LogP contribution >= 0.6 is 0 Å². The number of hydrogen-bond acceptors (Lipinski definition) is 5. The van der Waals surface area contributed by atoms with Crippen LogP contribution in [-0.4, -0.2) is 14.7 Å². The molecule has 0 aliphatic rings. The van der Waals surface area contributed by atoms with Gasteiger partial charge in [-0.25, -0.2) is 9.36 Å². The quantitative estimate of drug-likeness (QED) is 0.677. The van der Waals surface area contributed by atoms with Crippen molar-refractivity contribution in [2.45, 2.75) is 13.5 Å². The van der Waals surface area contributed by atoms with Gasteiger partial charge in [0.25, 0.3) is 5.56 Å². The van der Waals surface area contributed by atoms with E-state index in [1.807, 2.05) is 0 Å². The van der Waals surface area contributed by atoms with Crippen LogP contribution in [0.1, 0.15) is 5.69 Å². The maximum absolute atomic E-state index is 11.4. The molecule has 2 aromatic heterocycles. The van der Waals surface area contributed by atoms with E-state index in [-0.39, 0.29) is 17.6 Å². The third kappa shape index (κ3) is 1.23. The fraction of sp³-hybridized carbons (Fsp3) is 0.250. The molecule has 7 heteroatoms. The fourth-order valence-corrected chi connectivity index (χ4v) is 1.34. The van der Waals surface area contributed by atoms with E-state index in [2.05, 4.69) is 10.1 Å². The number of aromatic nitrogens is 3. The van der Waals surface area contributed by atoms with Crippen molar-refractivity contribution in [2.24, 2.45) is 0 Å². The number of nitrogens with one attached hydrogen (secondary N) is 1. The van der Waals surface area contributed by atoms with E-state index in [4.69, 9.17) is 9.78 Å². The molecule has 0 radical (unpaired) electrons. The Hall–Kier alpha value is -2.36. The monoisotopic (exact) mass is 206 g/mol. The number of hydrogen-bond donors (Lipinski definition) is 1. The molecular weight excluding hydrogens is 200 g/mol. The van der Waals surface area contributed by atoms with Gasteiger partial charge >= 0.3 is 5.69 Å². The molecule has 0 aliphatic heterocycles. The fourth-order valence-electron chi connectivity index (χ4n) is 1.34. The Labute approximate surface area is 82.5 Å². The van der Waals surface area contributed by atoms with E-state index in [9.17, 15) is 9.59 Å². The summed E-state index contributed by atoms with van der Waals surface area (Å²) >= 11 is 0. The average molecular weight is 206 g/mol. The second-order valence-electron chi connectivity index (χ2n) is 2.95. The Morgan fingerprint density at radius 1 is 1.60 bits per heavy atom. The molecule has 15 heavy (non-hydrogen) atoms. The number of aryl methyl sites for hydroxylation is 1.